The molecule has 27 heavy (non-hydrogen) atoms. The molecule has 5 heteroatoms. The lowest BCUT2D eigenvalue weighted by atomic mass is 10.00. The number of rotatable bonds is 8. The van der Waals surface area contributed by atoms with Crippen LogP contribution in [0.2, 0.25) is 0 Å². The molecule has 0 aromatic heterocycles. The molecule has 152 valence electrons. The molecule has 1 heterocycles. The molecule has 0 aliphatic carbocycles. The zero-order valence-electron chi connectivity index (χ0n) is 17.5. The number of methoxy groups -OCH3 is 1. The third kappa shape index (κ3) is 5.82. The predicted molar refractivity (Wildman–Crippen MR) is 115 cm³/mol. The van der Waals surface area contributed by atoms with E-state index in [2.05, 4.69) is 42.6 Å². The third-order valence-electron chi connectivity index (χ3n) is 5.15. The number of aryl methyl sites for hydroxylation is 2. The average molecular weight is 394 g/mol. The van der Waals surface area contributed by atoms with Crippen LogP contribution in [-0.4, -0.2) is 41.9 Å². The first kappa shape index (κ1) is 22.0. The maximum absolute atomic E-state index is 11.7. The summed E-state index contributed by atoms with van der Waals surface area (Å²) < 4.78 is 13.2. The van der Waals surface area contributed by atoms with Crippen molar-refractivity contribution >= 4 is 22.0 Å². The SMILES string of the molecule is C/C=S(\c1c(C)cc(OC)cc1C)N1CCCCC1CCCC(=O)OCC. The number of carbonyl (C=O) groups excluding carboxylic acids is 1. The number of benzene rings is 1. The topological polar surface area (TPSA) is 38.8 Å². The van der Waals surface area contributed by atoms with Crippen molar-refractivity contribution in [3.63, 3.8) is 0 Å². The summed E-state index contributed by atoms with van der Waals surface area (Å²) >= 11 is 0. The van der Waals surface area contributed by atoms with Crippen LogP contribution in [0, 0.1) is 13.8 Å². The zero-order valence-corrected chi connectivity index (χ0v) is 18.4. The Balaban J connectivity index is 2.17. The van der Waals surface area contributed by atoms with Crippen molar-refractivity contribution in [2.45, 2.75) is 77.2 Å². The van der Waals surface area contributed by atoms with Crippen molar-refractivity contribution in [1.82, 2.24) is 4.31 Å². The molecule has 1 aromatic rings. The van der Waals surface area contributed by atoms with Crippen molar-refractivity contribution in [3.8, 4) is 5.75 Å². The first-order valence-electron chi connectivity index (χ1n) is 10.1. The number of piperidine rings is 1. The van der Waals surface area contributed by atoms with Crippen molar-refractivity contribution in [2.24, 2.45) is 0 Å². The highest BCUT2D eigenvalue weighted by Crippen LogP contribution is 2.42. The fraction of sp³-hybridized carbons (Fsp3) is 0.636. The van der Waals surface area contributed by atoms with Crippen LogP contribution < -0.4 is 4.74 Å². The third-order valence-corrected chi connectivity index (χ3v) is 7.65. The summed E-state index contributed by atoms with van der Waals surface area (Å²) in [6.07, 6.45) is 6.24. The highest BCUT2D eigenvalue weighted by molar-refractivity contribution is 8.13. The summed E-state index contributed by atoms with van der Waals surface area (Å²) in [5.41, 5.74) is 2.59. The lowest BCUT2D eigenvalue weighted by Gasteiger charge is -2.39. The lowest BCUT2D eigenvalue weighted by Crippen LogP contribution is -2.36. The number of hydrogen-bond acceptors (Lipinski definition) is 4. The second kappa shape index (κ2) is 10.9. The van der Waals surface area contributed by atoms with Gasteiger partial charge in [-0.15, -0.1) is 0 Å². The first-order chi connectivity index (χ1) is 13.0. The number of nitrogens with zero attached hydrogens (tertiary/aromatic N) is 1. The first-order valence-corrected chi connectivity index (χ1v) is 11.4. The van der Waals surface area contributed by atoms with Crippen molar-refractivity contribution < 1.29 is 14.3 Å². The van der Waals surface area contributed by atoms with Crippen LogP contribution in [0.1, 0.15) is 63.5 Å². The van der Waals surface area contributed by atoms with E-state index in [1.807, 2.05) is 6.92 Å². The van der Waals surface area contributed by atoms with E-state index >= 15 is 0 Å². The molecule has 0 bridgehead atoms. The van der Waals surface area contributed by atoms with Crippen molar-refractivity contribution in [2.75, 3.05) is 20.3 Å². The van der Waals surface area contributed by atoms with E-state index in [0.717, 1.165) is 25.1 Å². The van der Waals surface area contributed by atoms with Gasteiger partial charge in [0, 0.05) is 23.9 Å². The van der Waals surface area contributed by atoms with Gasteiger partial charge in [-0.05, 0) is 82.0 Å². The highest BCUT2D eigenvalue weighted by Gasteiger charge is 2.26. The molecule has 2 atom stereocenters. The van der Waals surface area contributed by atoms with E-state index in [4.69, 9.17) is 9.47 Å². The Kier molecular flexibility index (Phi) is 8.84. The molecule has 0 N–H and O–H groups in total. The lowest BCUT2D eigenvalue weighted by molar-refractivity contribution is -0.143. The molecule has 2 unspecified atom stereocenters. The fourth-order valence-corrected chi connectivity index (χ4v) is 6.34. The monoisotopic (exact) mass is 393 g/mol. The molecular formula is C22H35NO3S. The van der Waals surface area contributed by atoms with Gasteiger partial charge < -0.3 is 9.47 Å². The summed E-state index contributed by atoms with van der Waals surface area (Å²) in [6.45, 7) is 10.0. The maximum Gasteiger partial charge on any atom is 0.305 e. The van der Waals surface area contributed by atoms with Gasteiger partial charge in [-0.2, -0.15) is 0 Å². The standard InChI is InChI=1S/C22H35NO3S/c1-6-26-21(24)13-10-12-19-11-8-9-14-23(19)27(7-2)22-17(3)15-20(25-5)16-18(22)4/h7,15-16,19H,6,8-14H2,1-5H3. The number of ether oxygens (including phenoxy) is 2. The van der Waals surface area contributed by atoms with Gasteiger partial charge in [0.25, 0.3) is 0 Å². The molecule has 1 aliphatic rings. The van der Waals surface area contributed by atoms with Crippen LogP contribution in [0.15, 0.2) is 17.0 Å². The second-order valence-corrected chi connectivity index (χ2v) is 9.11. The normalized spacial score (nSPS) is 19.1. The second-order valence-electron chi connectivity index (χ2n) is 7.13. The van der Waals surface area contributed by atoms with Gasteiger partial charge in [0.05, 0.1) is 13.7 Å². The van der Waals surface area contributed by atoms with Crippen LogP contribution in [0.3, 0.4) is 0 Å². The van der Waals surface area contributed by atoms with Crippen molar-refractivity contribution in [3.05, 3.63) is 23.3 Å². The van der Waals surface area contributed by atoms with Crippen molar-refractivity contribution in [1.29, 1.82) is 0 Å². The number of hydrogen-bond donors (Lipinski definition) is 0. The molecule has 1 aliphatic heterocycles. The summed E-state index contributed by atoms with van der Waals surface area (Å²) in [4.78, 5) is 13.1. The summed E-state index contributed by atoms with van der Waals surface area (Å²) in [7, 11) is 1.70. The molecule has 0 spiro atoms. The minimum atomic E-state index is -0.0669. The smallest absolute Gasteiger partial charge is 0.305 e. The molecule has 0 saturated carbocycles. The molecule has 2 rings (SSSR count). The van der Waals surface area contributed by atoms with Gasteiger partial charge in [0.1, 0.15) is 5.75 Å². The van der Waals surface area contributed by atoms with Gasteiger partial charge in [-0.3, -0.25) is 4.79 Å². The van der Waals surface area contributed by atoms with Crippen LogP contribution in [0.25, 0.3) is 0 Å². The molecule has 0 radical (unpaired) electrons. The Hall–Kier alpha value is -1.33. The van der Waals surface area contributed by atoms with E-state index in [1.54, 1.807) is 7.11 Å². The zero-order chi connectivity index (χ0) is 19.8. The van der Waals surface area contributed by atoms with E-state index in [0.29, 0.717) is 19.1 Å². The van der Waals surface area contributed by atoms with Gasteiger partial charge in [-0.25, -0.2) is 4.31 Å². The Morgan fingerprint density at radius 3 is 2.59 bits per heavy atom. The average Bonchev–Trinajstić information content (AvgIpc) is 2.65. The predicted octanol–water partition coefficient (Wildman–Crippen LogP) is 5.26. The molecule has 1 aromatic carbocycles. The molecule has 0 amide bonds. The van der Waals surface area contributed by atoms with E-state index in [9.17, 15) is 4.79 Å². The largest absolute Gasteiger partial charge is 0.497 e. The van der Waals surface area contributed by atoms with Crippen LogP contribution in [-0.2, 0) is 9.53 Å². The van der Waals surface area contributed by atoms with Crippen LogP contribution in [0.4, 0.5) is 0 Å². The fourth-order valence-electron chi connectivity index (χ4n) is 3.97. The van der Waals surface area contributed by atoms with E-state index in [-0.39, 0.29) is 16.6 Å². The van der Waals surface area contributed by atoms with Crippen LogP contribution in [0.5, 0.6) is 5.75 Å². The van der Waals surface area contributed by atoms with Gasteiger partial charge in [0.15, 0.2) is 0 Å². The molecular weight excluding hydrogens is 358 g/mol. The summed E-state index contributed by atoms with van der Waals surface area (Å²) in [5, 5.41) is 2.35. The van der Waals surface area contributed by atoms with Gasteiger partial charge in [-0.1, -0.05) is 17.1 Å². The van der Waals surface area contributed by atoms with E-state index in [1.165, 1.54) is 35.3 Å². The quantitative estimate of drug-likeness (QED) is 0.446. The van der Waals surface area contributed by atoms with Gasteiger partial charge in [0.2, 0.25) is 0 Å². The Morgan fingerprint density at radius 2 is 2.00 bits per heavy atom. The Labute approximate surface area is 167 Å². The minimum Gasteiger partial charge on any atom is -0.497 e. The Bertz CT molecular complexity index is 649. The van der Waals surface area contributed by atoms with E-state index < -0.39 is 0 Å². The number of carbonyl (C=O) groups is 1. The number of esters is 1. The summed E-state index contributed by atoms with van der Waals surface area (Å²) in [5.74, 6) is 0.862. The molecule has 4 nitrogen and oxygen atoms in total. The highest BCUT2D eigenvalue weighted by atomic mass is 32.2. The molecule has 1 saturated heterocycles. The summed E-state index contributed by atoms with van der Waals surface area (Å²) in [6, 6.07) is 4.82. The molecule has 1 fully saturated rings. The maximum atomic E-state index is 11.7. The van der Waals surface area contributed by atoms with Gasteiger partial charge >= 0.3 is 5.97 Å². The van der Waals surface area contributed by atoms with Crippen LogP contribution >= 0.6 is 10.7 Å². The Morgan fingerprint density at radius 1 is 1.30 bits per heavy atom. The minimum absolute atomic E-state index is 0.0257.